The normalized spacial score (nSPS) is 11.1. The number of nitro groups is 2. The summed E-state index contributed by atoms with van der Waals surface area (Å²) in [6, 6.07) is 14.1. The number of nitrogens with one attached hydrogen (secondary N) is 1. The van der Waals surface area contributed by atoms with Gasteiger partial charge in [0, 0.05) is 23.5 Å². The predicted octanol–water partition coefficient (Wildman–Crippen LogP) is 3.47. The second-order valence-corrected chi connectivity index (χ2v) is 5.68. The molecule has 0 aliphatic carbocycles. The molecular formula is C18H14N6O4. The van der Waals surface area contributed by atoms with Crippen molar-refractivity contribution in [2.75, 3.05) is 5.43 Å². The molecule has 0 amide bonds. The van der Waals surface area contributed by atoms with Crippen LogP contribution >= 0.6 is 0 Å². The number of aromatic nitrogens is 2. The van der Waals surface area contributed by atoms with Crippen LogP contribution in [-0.2, 0) is 0 Å². The Bertz CT molecular complexity index is 1070. The lowest BCUT2D eigenvalue weighted by atomic mass is 10.1. The highest BCUT2D eigenvalue weighted by molar-refractivity contribution is 6.10. The van der Waals surface area contributed by atoms with Crippen molar-refractivity contribution in [3.8, 4) is 0 Å². The highest BCUT2D eigenvalue weighted by atomic mass is 16.6. The SMILES string of the molecule is Cc1ccnc(/C(=N/Nc2ccc([N+](=O)[O-])cc2[N+](=O)[O-])c2ccccc2)n1. The lowest BCUT2D eigenvalue weighted by Crippen LogP contribution is -2.12. The summed E-state index contributed by atoms with van der Waals surface area (Å²) in [4.78, 5) is 29.3. The third-order valence-electron chi connectivity index (χ3n) is 3.73. The van der Waals surface area contributed by atoms with Crippen molar-refractivity contribution in [1.82, 2.24) is 9.97 Å². The van der Waals surface area contributed by atoms with Crippen molar-refractivity contribution < 1.29 is 9.85 Å². The Hall–Kier alpha value is -4.21. The molecule has 1 aromatic heterocycles. The van der Waals surface area contributed by atoms with Gasteiger partial charge in [-0.25, -0.2) is 9.97 Å². The number of benzene rings is 2. The van der Waals surface area contributed by atoms with Crippen molar-refractivity contribution >= 4 is 22.8 Å². The Labute approximate surface area is 158 Å². The van der Waals surface area contributed by atoms with E-state index >= 15 is 0 Å². The molecule has 0 fully saturated rings. The number of aryl methyl sites for hydroxylation is 1. The minimum Gasteiger partial charge on any atom is -0.271 e. The topological polar surface area (TPSA) is 136 Å². The summed E-state index contributed by atoms with van der Waals surface area (Å²) < 4.78 is 0. The van der Waals surface area contributed by atoms with E-state index in [0.29, 0.717) is 17.1 Å². The quantitative estimate of drug-likeness (QED) is 0.394. The number of rotatable bonds is 6. The average Bonchev–Trinajstić information content (AvgIpc) is 2.69. The van der Waals surface area contributed by atoms with Gasteiger partial charge in [0.15, 0.2) is 5.82 Å². The van der Waals surface area contributed by atoms with Gasteiger partial charge in [-0.1, -0.05) is 30.3 Å². The van der Waals surface area contributed by atoms with E-state index in [9.17, 15) is 20.2 Å². The fraction of sp³-hybridized carbons (Fsp3) is 0.0556. The highest BCUT2D eigenvalue weighted by Crippen LogP contribution is 2.29. The van der Waals surface area contributed by atoms with Crippen LogP contribution in [0, 0.1) is 27.2 Å². The minimum absolute atomic E-state index is 0.0108. The molecular weight excluding hydrogens is 364 g/mol. The molecule has 3 aromatic rings. The summed E-state index contributed by atoms with van der Waals surface area (Å²) in [6.07, 6.45) is 1.59. The molecule has 0 bridgehead atoms. The first-order valence-corrected chi connectivity index (χ1v) is 8.07. The standard InChI is InChI=1S/C18H14N6O4/c1-12-9-10-19-18(20-12)17(13-5-3-2-4-6-13)22-21-15-8-7-14(23(25)26)11-16(15)24(27)28/h2-11,21H,1H3/b22-17+. The van der Waals surface area contributed by atoms with Crippen molar-refractivity contribution in [3.05, 3.63) is 98.1 Å². The Kier molecular flexibility index (Phi) is 5.30. The summed E-state index contributed by atoms with van der Waals surface area (Å²) >= 11 is 0. The Morgan fingerprint density at radius 3 is 2.43 bits per heavy atom. The molecule has 0 atom stereocenters. The zero-order chi connectivity index (χ0) is 20.1. The van der Waals surface area contributed by atoms with Crippen LogP contribution in [0.4, 0.5) is 17.1 Å². The molecule has 3 rings (SSSR count). The Balaban J connectivity index is 2.05. The van der Waals surface area contributed by atoms with Crippen LogP contribution in [0.15, 0.2) is 65.9 Å². The molecule has 0 saturated heterocycles. The molecule has 1 heterocycles. The molecule has 2 aromatic carbocycles. The smallest absolute Gasteiger partial charge is 0.271 e. The summed E-state index contributed by atoms with van der Waals surface area (Å²) in [6.45, 7) is 1.81. The van der Waals surface area contributed by atoms with Gasteiger partial charge in [-0.2, -0.15) is 5.10 Å². The van der Waals surface area contributed by atoms with E-state index in [0.717, 1.165) is 17.8 Å². The zero-order valence-electron chi connectivity index (χ0n) is 14.6. The molecule has 140 valence electrons. The fourth-order valence-electron chi connectivity index (χ4n) is 2.40. The molecule has 0 unspecified atom stereocenters. The summed E-state index contributed by atoms with van der Waals surface area (Å²) in [5, 5.41) is 26.4. The van der Waals surface area contributed by atoms with Gasteiger partial charge in [0.2, 0.25) is 0 Å². The molecule has 10 heteroatoms. The van der Waals surface area contributed by atoms with Crippen LogP contribution in [0.2, 0.25) is 0 Å². The van der Waals surface area contributed by atoms with E-state index in [2.05, 4.69) is 20.5 Å². The molecule has 1 N–H and O–H groups in total. The Morgan fingerprint density at radius 1 is 1.04 bits per heavy atom. The van der Waals surface area contributed by atoms with E-state index in [4.69, 9.17) is 0 Å². The van der Waals surface area contributed by atoms with E-state index in [-0.39, 0.29) is 11.4 Å². The van der Waals surface area contributed by atoms with Gasteiger partial charge < -0.3 is 0 Å². The lowest BCUT2D eigenvalue weighted by Gasteiger charge is -2.08. The van der Waals surface area contributed by atoms with E-state index in [1.165, 1.54) is 6.07 Å². The van der Waals surface area contributed by atoms with Crippen LogP contribution in [0.5, 0.6) is 0 Å². The van der Waals surface area contributed by atoms with Crippen LogP contribution in [-0.4, -0.2) is 25.5 Å². The maximum absolute atomic E-state index is 11.3. The van der Waals surface area contributed by atoms with Crippen LogP contribution in [0.25, 0.3) is 0 Å². The molecule has 0 saturated carbocycles. The third-order valence-corrected chi connectivity index (χ3v) is 3.73. The molecule has 0 spiro atoms. The maximum atomic E-state index is 11.3. The van der Waals surface area contributed by atoms with Gasteiger partial charge in [0.25, 0.3) is 5.69 Å². The number of hydrogen-bond acceptors (Lipinski definition) is 8. The maximum Gasteiger partial charge on any atom is 0.301 e. The zero-order valence-corrected chi connectivity index (χ0v) is 14.6. The van der Waals surface area contributed by atoms with Crippen LogP contribution < -0.4 is 5.43 Å². The number of non-ortho nitro benzene ring substituents is 1. The van der Waals surface area contributed by atoms with Crippen molar-refractivity contribution in [1.29, 1.82) is 0 Å². The second kappa shape index (κ2) is 7.99. The average molecular weight is 378 g/mol. The molecule has 0 radical (unpaired) electrons. The van der Waals surface area contributed by atoms with Gasteiger partial charge in [0.05, 0.1) is 15.9 Å². The van der Waals surface area contributed by atoms with E-state index < -0.39 is 15.5 Å². The molecule has 0 aliphatic rings. The summed E-state index contributed by atoms with van der Waals surface area (Å²) in [5.74, 6) is 0.336. The summed E-state index contributed by atoms with van der Waals surface area (Å²) in [5.41, 5.74) is 3.59. The van der Waals surface area contributed by atoms with E-state index in [1.54, 1.807) is 24.4 Å². The number of hydrogen-bond donors (Lipinski definition) is 1. The van der Waals surface area contributed by atoms with Crippen LogP contribution in [0.1, 0.15) is 17.1 Å². The number of hydrazone groups is 1. The number of nitro benzene ring substituents is 2. The Morgan fingerprint density at radius 2 is 1.79 bits per heavy atom. The molecule has 28 heavy (non-hydrogen) atoms. The van der Waals surface area contributed by atoms with Crippen molar-refractivity contribution in [2.45, 2.75) is 6.92 Å². The number of anilines is 1. The largest absolute Gasteiger partial charge is 0.301 e. The summed E-state index contributed by atoms with van der Waals surface area (Å²) in [7, 11) is 0. The van der Waals surface area contributed by atoms with Crippen molar-refractivity contribution in [3.63, 3.8) is 0 Å². The third kappa shape index (κ3) is 4.12. The first-order chi connectivity index (χ1) is 13.5. The van der Waals surface area contributed by atoms with Gasteiger partial charge in [0.1, 0.15) is 11.4 Å². The van der Waals surface area contributed by atoms with Crippen LogP contribution in [0.3, 0.4) is 0 Å². The molecule has 10 nitrogen and oxygen atoms in total. The van der Waals surface area contributed by atoms with Gasteiger partial charge >= 0.3 is 5.69 Å². The second-order valence-electron chi connectivity index (χ2n) is 5.68. The predicted molar refractivity (Wildman–Crippen MR) is 102 cm³/mol. The fourth-order valence-corrected chi connectivity index (χ4v) is 2.40. The molecule has 0 aliphatic heterocycles. The van der Waals surface area contributed by atoms with E-state index in [1.807, 2.05) is 25.1 Å². The monoisotopic (exact) mass is 378 g/mol. The van der Waals surface area contributed by atoms with Crippen molar-refractivity contribution in [2.24, 2.45) is 5.10 Å². The van der Waals surface area contributed by atoms with Gasteiger partial charge in [-0.05, 0) is 19.1 Å². The lowest BCUT2D eigenvalue weighted by molar-refractivity contribution is -0.393. The van der Waals surface area contributed by atoms with Gasteiger partial charge in [-0.3, -0.25) is 25.7 Å². The van der Waals surface area contributed by atoms with Gasteiger partial charge in [-0.15, -0.1) is 0 Å². The number of nitrogens with zero attached hydrogens (tertiary/aromatic N) is 5. The highest BCUT2D eigenvalue weighted by Gasteiger charge is 2.20. The first-order valence-electron chi connectivity index (χ1n) is 8.07. The minimum atomic E-state index is -0.712. The first kappa shape index (κ1) is 18.6.